The zero-order valence-corrected chi connectivity index (χ0v) is 7.99. The second kappa shape index (κ2) is 9.62. The Kier molecular flexibility index (Phi) is 10.3. The molecule has 0 heterocycles. The van der Waals surface area contributed by atoms with Crippen molar-refractivity contribution in [1.29, 1.82) is 0 Å². The lowest BCUT2D eigenvalue weighted by Crippen LogP contribution is -2.11. The summed E-state index contributed by atoms with van der Waals surface area (Å²) in [5.41, 5.74) is 0. The molecule has 0 aliphatic carbocycles. The highest BCUT2D eigenvalue weighted by molar-refractivity contribution is 7.80. The Morgan fingerprint density at radius 3 is 1.93 bits per heavy atom. The lowest BCUT2D eigenvalue weighted by Gasteiger charge is -1.94. The van der Waals surface area contributed by atoms with Gasteiger partial charge in [0.25, 0.3) is 0 Å². The number of ether oxygens (including phenoxy) is 1. The van der Waals surface area contributed by atoms with Crippen molar-refractivity contribution >= 4 is 29.2 Å². The van der Waals surface area contributed by atoms with Crippen LogP contribution in [0.1, 0.15) is 0 Å². The Morgan fingerprint density at radius 1 is 1.29 bits per heavy atom. The minimum atomic E-state index is -1.08. The van der Waals surface area contributed by atoms with Crippen molar-refractivity contribution in [3.05, 3.63) is 12.7 Å². The van der Waals surface area contributed by atoms with Gasteiger partial charge >= 0.3 is 11.9 Å². The maximum atomic E-state index is 9.73. The first-order valence-corrected chi connectivity index (χ1v) is 3.67. The van der Waals surface area contributed by atoms with Crippen LogP contribution in [-0.2, 0) is 14.3 Å². The van der Waals surface area contributed by atoms with Crippen LogP contribution in [0.5, 0.6) is 0 Å². The number of aliphatic hydroxyl groups excluding tert-OH is 1. The molecule has 6 nitrogen and oxygen atoms in total. The highest BCUT2D eigenvalue weighted by Crippen LogP contribution is 1.76. The number of carboxylic acid groups (broad SMARTS) is 2. The van der Waals surface area contributed by atoms with Gasteiger partial charge in [-0.2, -0.15) is 0 Å². The van der Waals surface area contributed by atoms with Crippen LogP contribution in [0.15, 0.2) is 12.7 Å². The lowest BCUT2D eigenvalue weighted by atomic mass is 10.7. The molecule has 0 radical (unpaired) electrons. The molecule has 0 aromatic carbocycles. The van der Waals surface area contributed by atoms with Gasteiger partial charge in [-0.15, -0.1) is 0 Å². The van der Waals surface area contributed by atoms with Gasteiger partial charge in [0.2, 0.25) is 0 Å². The van der Waals surface area contributed by atoms with Crippen molar-refractivity contribution in [3.63, 3.8) is 0 Å². The SMILES string of the molecule is C=CC(=O)O.O=C(O)COCC(O)=S. The summed E-state index contributed by atoms with van der Waals surface area (Å²) in [7, 11) is 0. The van der Waals surface area contributed by atoms with E-state index in [0.29, 0.717) is 0 Å². The predicted molar refractivity (Wildman–Crippen MR) is 51.5 cm³/mol. The summed E-state index contributed by atoms with van der Waals surface area (Å²) in [6, 6.07) is 0. The van der Waals surface area contributed by atoms with E-state index in [9.17, 15) is 9.59 Å². The fourth-order valence-corrected chi connectivity index (χ4v) is 0.309. The Balaban J connectivity index is 0. The number of hydrogen-bond acceptors (Lipinski definition) is 4. The molecule has 0 rings (SSSR count). The van der Waals surface area contributed by atoms with Crippen molar-refractivity contribution in [2.24, 2.45) is 0 Å². The molecule has 0 atom stereocenters. The molecule has 14 heavy (non-hydrogen) atoms. The molecule has 0 amide bonds. The first-order valence-electron chi connectivity index (χ1n) is 3.26. The minimum Gasteiger partial charge on any atom is -0.500 e. The molecule has 0 bridgehead atoms. The molecule has 7 heteroatoms. The van der Waals surface area contributed by atoms with Crippen molar-refractivity contribution in [3.8, 4) is 0 Å². The normalized spacial score (nSPS) is 8.00. The minimum absolute atomic E-state index is 0.193. The van der Waals surface area contributed by atoms with E-state index in [4.69, 9.17) is 15.3 Å². The molecule has 0 unspecified atom stereocenters. The van der Waals surface area contributed by atoms with Gasteiger partial charge in [0.1, 0.15) is 13.2 Å². The average Bonchev–Trinajstić information content (AvgIpc) is 2.04. The van der Waals surface area contributed by atoms with Crippen molar-refractivity contribution < 1.29 is 29.6 Å². The van der Waals surface area contributed by atoms with Gasteiger partial charge in [-0.05, 0) is 12.2 Å². The molecule has 0 spiro atoms. The largest absolute Gasteiger partial charge is 0.500 e. The van der Waals surface area contributed by atoms with Gasteiger partial charge < -0.3 is 20.1 Å². The van der Waals surface area contributed by atoms with E-state index in [1.54, 1.807) is 0 Å². The predicted octanol–water partition coefficient (Wildman–Crippen LogP) is 0.230. The molecule has 0 aliphatic rings. The van der Waals surface area contributed by atoms with Crippen molar-refractivity contribution in [2.45, 2.75) is 0 Å². The second-order valence-electron chi connectivity index (χ2n) is 1.82. The molecule has 0 aliphatic heterocycles. The third-order valence-corrected chi connectivity index (χ3v) is 0.744. The van der Waals surface area contributed by atoms with E-state index in [1.807, 2.05) is 0 Å². The first-order chi connectivity index (χ1) is 6.40. The summed E-state index contributed by atoms with van der Waals surface area (Å²) in [6.07, 6.45) is 0.833. The van der Waals surface area contributed by atoms with E-state index in [0.717, 1.165) is 6.08 Å². The van der Waals surface area contributed by atoms with E-state index in [-0.39, 0.29) is 11.7 Å². The summed E-state index contributed by atoms with van der Waals surface area (Å²) in [4.78, 5) is 19.0. The number of thiocarbonyl (C=S) groups is 1. The summed E-state index contributed by atoms with van der Waals surface area (Å²) < 4.78 is 4.37. The van der Waals surface area contributed by atoms with E-state index >= 15 is 0 Å². The van der Waals surface area contributed by atoms with Gasteiger partial charge in [0, 0.05) is 6.08 Å². The molecule has 3 N–H and O–H groups in total. The van der Waals surface area contributed by atoms with Gasteiger partial charge in [-0.1, -0.05) is 6.58 Å². The van der Waals surface area contributed by atoms with Crippen LogP contribution >= 0.6 is 12.2 Å². The Labute approximate surface area is 85.4 Å². The molecular weight excluding hydrogens is 212 g/mol. The number of carboxylic acids is 2. The zero-order chi connectivity index (χ0) is 11.6. The summed E-state index contributed by atoms with van der Waals surface area (Å²) in [5.74, 6) is -2.06. The third kappa shape index (κ3) is 22.4. The fraction of sp³-hybridized carbons (Fsp3) is 0.286. The van der Waals surface area contributed by atoms with Gasteiger partial charge in [-0.25, -0.2) is 9.59 Å². The molecule has 80 valence electrons. The highest BCUT2D eigenvalue weighted by atomic mass is 32.1. The quantitative estimate of drug-likeness (QED) is 0.451. The lowest BCUT2D eigenvalue weighted by molar-refractivity contribution is -0.141. The average molecular weight is 222 g/mol. The molecule has 0 saturated carbocycles. The topological polar surface area (TPSA) is 104 Å². The number of hydrogen-bond donors (Lipinski definition) is 3. The van der Waals surface area contributed by atoms with Crippen LogP contribution in [-0.4, -0.2) is 45.5 Å². The maximum Gasteiger partial charge on any atom is 0.329 e. The number of rotatable bonds is 5. The maximum absolute atomic E-state index is 9.73. The van der Waals surface area contributed by atoms with Crippen molar-refractivity contribution in [1.82, 2.24) is 0 Å². The van der Waals surface area contributed by atoms with Gasteiger partial charge in [0.15, 0.2) is 5.05 Å². The number of aliphatic hydroxyl groups is 1. The molecular formula is C7H10O6S. The number of carbonyl (C=O) groups is 2. The standard InChI is InChI=1S/C4H6O4S.C3H4O2/c5-3(6)1-8-2-4(7)9;1-2-3(4)5/h1-2H2,(H,5,6)(H,7,9);2H,1H2,(H,4,5). The van der Waals surface area contributed by atoms with Crippen LogP contribution in [0.2, 0.25) is 0 Å². The fourth-order valence-electron chi connectivity index (χ4n) is 0.226. The molecule has 0 fully saturated rings. The van der Waals surface area contributed by atoms with Crippen LogP contribution in [0.25, 0.3) is 0 Å². The monoisotopic (exact) mass is 222 g/mol. The van der Waals surface area contributed by atoms with Crippen LogP contribution in [0.4, 0.5) is 0 Å². The second-order valence-corrected chi connectivity index (χ2v) is 2.29. The summed E-state index contributed by atoms with van der Waals surface area (Å²) >= 11 is 4.19. The highest BCUT2D eigenvalue weighted by Gasteiger charge is 1.96. The third-order valence-electron chi connectivity index (χ3n) is 0.626. The Morgan fingerprint density at radius 2 is 1.71 bits per heavy atom. The smallest absolute Gasteiger partial charge is 0.329 e. The van der Waals surface area contributed by atoms with Crippen LogP contribution in [0, 0.1) is 0 Å². The number of aliphatic carboxylic acids is 2. The van der Waals surface area contributed by atoms with Gasteiger partial charge in [0.05, 0.1) is 0 Å². The summed E-state index contributed by atoms with van der Waals surface area (Å²) in [6.45, 7) is 2.34. The Hall–Kier alpha value is -1.47. The van der Waals surface area contributed by atoms with E-state index < -0.39 is 18.5 Å². The Bertz CT molecular complexity index is 210. The van der Waals surface area contributed by atoms with Crippen LogP contribution in [0.3, 0.4) is 0 Å². The van der Waals surface area contributed by atoms with E-state index in [2.05, 4.69) is 23.5 Å². The van der Waals surface area contributed by atoms with E-state index in [1.165, 1.54) is 0 Å². The molecule has 0 aromatic rings. The van der Waals surface area contributed by atoms with Gasteiger partial charge in [-0.3, -0.25) is 0 Å². The zero-order valence-electron chi connectivity index (χ0n) is 7.17. The van der Waals surface area contributed by atoms with Crippen LogP contribution < -0.4 is 0 Å². The molecule has 0 saturated heterocycles. The molecule has 0 aromatic heterocycles. The van der Waals surface area contributed by atoms with Crippen molar-refractivity contribution in [2.75, 3.05) is 13.2 Å². The first kappa shape index (κ1) is 15.0. The summed E-state index contributed by atoms with van der Waals surface area (Å²) in [5, 5.41) is 23.5.